The van der Waals surface area contributed by atoms with Crippen molar-refractivity contribution >= 4 is 23.2 Å². The second kappa shape index (κ2) is 6.48. The lowest BCUT2D eigenvalue weighted by Gasteiger charge is -2.14. The lowest BCUT2D eigenvalue weighted by Crippen LogP contribution is -2.12. The van der Waals surface area contributed by atoms with E-state index in [-0.39, 0.29) is 11.6 Å². The summed E-state index contributed by atoms with van der Waals surface area (Å²) < 4.78 is 81.9. The second-order valence-corrected chi connectivity index (χ2v) is 7.69. The van der Waals surface area contributed by atoms with Gasteiger partial charge in [-0.1, -0.05) is 12.1 Å². The highest BCUT2D eigenvalue weighted by atomic mass is 35.5. The fourth-order valence-corrected chi connectivity index (χ4v) is 4.01. The van der Waals surface area contributed by atoms with Gasteiger partial charge in [-0.25, -0.2) is 0 Å². The standard InChI is InChI=1S/C18H12Cl2F6O/c1-27-13-4-2-9(3-5-13)14-15(16(14,19)20)10-6-11(17(21,22)23)8-12(7-10)18(24,25)26/h2-8,14-15H,1H3/t14-,15-/m1/s1. The molecule has 0 N–H and O–H groups in total. The van der Waals surface area contributed by atoms with Crippen LogP contribution in [0.25, 0.3) is 0 Å². The largest absolute Gasteiger partial charge is 0.497 e. The van der Waals surface area contributed by atoms with E-state index in [1.807, 2.05) is 0 Å². The minimum Gasteiger partial charge on any atom is -0.497 e. The third-order valence-corrected chi connectivity index (χ3v) is 5.44. The van der Waals surface area contributed by atoms with Crippen LogP contribution in [0.2, 0.25) is 0 Å². The summed E-state index contributed by atoms with van der Waals surface area (Å²) in [5.41, 5.74) is -2.39. The van der Waals surface area contributed by atoms with Gasteiger partial charge < -0.3 is 4.74 Å². The summed E-state index contributed by atoms with van der Waals surface area (Å²) in [5, 5.41) is 0. The van der Waals surface area contributed by atoms with Gasteiger partial charge in [0.15, 0.2) is 0 Å². The van der Waals surface area contributed by atoms with E-state index in [9.17, 15) is 26.3 Å². The molecule has 9 heteroatoms. The van der Waals surface area contributed by atoms with Gasteiger partial charge >= 0.3 is 12.4 Å². The number of methoxy groups -OCH3 is 1. The molecule has 1 nitrogen and oxygen atoms in total. The number of halogens is 8. The molecule has 1 aliphatic rings. The number of hydrogen-bond donors (Lipinski definition) is 0. The van der Waals surface area contributed by atoms with E-state index in [2.05, 4.69) is 0 Å². The van der Waals surface area contributed by atoms with Crippen LogP contribution >= 0.6 is 23.2 Å². The average Bonchev–Trinajstić information content (AvgIpc) is 3.15. The number of rotatable bonds is 3. The van der Waals surface area contributed by atoms with Gasteiger partial charge in [0.25, 0.3) is 0 Å². The van der Waals surface area contributed by atoms with Crippen molar-refractivity contribution < 1.29 is 31.1 Å². The Morgan fingerprint density at radius 3 is 1.63 bits per heavy atom. The molecule has 3 rings (SSSR count). The van der Waals surface area contributed by atoms with Crippen molar-refractivity contribution in [2.75, 3.05) is 7.11 Å². The van der Waals surface area contributed by atoms with Gasteiger partial charge in [-0.2, -0.15) is 26.3 Å². The summed E-state index contributed by atoms with van der Waals surface area (Å²) in [6.45, 7) is 0. The monoisotopic (exact) mass is 428 g/mol. The Balaban J connectivity index is 2.04. The van der Waals surface area contributed by atoms with E-state index in [0.717, 1.165) is 0 Å². The van der Waals surface area contributed by atoms with E-state index in [4.69, 9.17) is 27.9 Å². The Kier molecular flexibility index (Phi) is 4.84. The van der Waals surface area contributed by atoms with E-state index >= 15 is 0 Å². The molecule has 0 radical (unpaired) electrons. The number of ether oxygens (including phenoxy) is 1. The Hall–Kier alpha value is -1.60. The van der Waals surface area contributed by atoms with Gasteiger partial charge in [0, 0.05) is 11.8 Å². The van der Waals surface area contributed by atoms with Crippen LogP contribution in [0, 0.1) is 0 Å². The fourth-order valence-electron chi connectivity index (χ4n) is 3.13. The van der Waals surface area contributed by atoms with Gasteiger partial charge in [0.1, 0.15) is 10.1 Å². The first-order chi connectivity index (χ1) is 12.4. The highest BCUT2D eigenvalue weighted by Gasteiger charge is 2.64. The summed E-state index contributed by atoms with van der Waals surface area (Å²) in [5.74, 6) is -1.00. The predicted octanol–water partition coefficient (Wildman–Crippen LogP) is 6.79. The lowest BCUT2D eigenvalue weighted by atomic mass is 9.99. The Morgan fingerprint density at radius 2 is 1.22 bits per heavy atom. The predicted molar refractivity (Wildman–Crippen MR) is 89.4 cm³/mol. The SMILES string of the molecule is COc1ccc([C@@H]2[C@@H](c3cc(C(F)(F)F)cc(C(F)(F)F)c3)C2(Cl)Cl)cc1. The smallest absolute Gasteiger partial charge is 0.416 e. The van der Waals surface area contributed by atoms with Crippen LogP contribution in [0.1, 0.15) is 34.1 Å². The summed E-state index contributed by atoms with van der Waals surface area (Å²) in [6, 6.07) is 7.90. The Morgan fingerprint density at radius 1 is 0.778 bits per heavy atom. The van der Waals surface area contributed by atoms with E-state index in [1.54, 1.807) is 24.3 Å². The van der Waals surface area contributed by atoms with Crippen LogP contribution < -0.4 is 4.74 Å². The van der Waals surface area contributed by atoms with Crippen LogP contribution in [0.3, 0.4) is 0 Å². The van der Waals surface area contributed by atoms with E-state index in [1.165, 1.54) is 7.11 Å². The van der Waals surface area contributed by atoms with Crippen LogP contribution in [-0.4, -0.2) is 11.4 Å². The first kappa shape index (κ1) is 20.1. The second-order valence-electron chi connectivity index (χ2n) is 6.24. The molecule has 0 aromatic heterocycles. The van der Waals surface area contributed by atoms with Crippen molar-refractivity contribution in [1.82, 2.24) is 0 Å². The van der Waals surface area contributed by atoms with Gasteiger partial charge in [-0.3, -0.25) is 0 Å². The summed E-state index contributed by atoms with van der Waals surface area (Å²) in [7, 11) is 1.46. The number of benzene rings is 2. The molecule has 0 saturated heterocycles. The Bertz CT molecular complexity index is 810. The maximum atomic E-state index is 13.1. The minimum absolute atomic E-state index is 0.0818. The first-order valence-corrected chi connectivity index (χ1v) is 8.42. The van der Waals surface area contributed by atoms with Gasteiger partial charge in [0.05, 0.1) is 18.2 Å². The zero-order valence-corrected chi connectivity index (χ0v) is 15.1. The molecule has 27 heavy (non-hydrogen) atoms. The molecule has 1 aliphatic carbocycles. The molecule has 0 amide bonds. The molecule has 0 spiro atoms. The highest BCUT2D eigenvalue weighted by molar-refractivity contribution is 6.52. The summed E-state index contributed by atoms with van der Waals surface area (Å²) in [4.78, 5) is 0. The van der Waals surface area contributed by atoms with Crippen molar-refractivity contribution in [1.29, 1.82) is 0 Å². The summed E-state index contributed by atoms with van der Waals surface area (Å²) >= 11 is 12.4. The van der Waals surface area contributed by atoms with Crippen LogP contribution in [0.4, 0.5) is 26.3 Å². The quantitative estimate of drug-likeness (QED) is 0.386. The molecule has 146 valence electrons. The zero-order valence-electron chi connectivity index (χ0n) is 13.6. The molecule has 1 saturated carbocycles. The third-order valence-electron chi connectivity index (χ3n) is 4.50. The molecule has 0 bridgehead atoms. The first-order valence-electron chi connectivity index (χ1n) is 7.67. The number of hydrogen-bond acceptors (Lipinski definition) is 1. The summed E-state index contributed by atoms with van der Waals surface area (Å²) in [6.07, 6.45) is -9.86. The molecule has 2 atom stereocenters. The van der Waals surface area contributed by atoms with Crippen LogP contribution in [0.15, 0.2) is 42.5 Å². The van der Waals surface area contributed by atoms with Crippen molar-refractivity contribution in [3.63, 3.8) is 0 Å². The van der Waals surface area contributed by atoms with Gasteiger partial charge in [0.2, 0.25) is 0 Å². The molecular weight excluding hydrogens is 417 g/mol. The molecule has 0 heterocycles. The highest BCUT2D eigenvalue weighted by Crippen LogP contribution is 2.70. The van der Waals surface area contributed by atoms with E-state index in [0.29, 0.717) is 23.4 Å². The van der Waals surface area contributed by atoms with Crippen molar-refractivity contribution in [2.24, 2.45) is 0 Å². The molecule has 1 fully saturated rings. The van der Waals surface area contributed by atoms with Crippen LogP contribution in [-0.2, 0) is 12.4 Å². The maximum absolute atomic E-state index is 13.1. The average molecular weight is 429 g/mol. The van der Waals surface area contributed by atoms with E-state index < -0.39 is 39.6 Å². The molecule has 2 aromatic carbocycles. The van der Waals surface area contributed by atoms with Gasteiger partial charge in [-0.05, 0) is 41.5 Å². The number of alkyl halides is 8. The molecular formula is C18H12Cl2F6O. The van der Waals surface area contributed by atoms with Crippen molar-refractivity contribution in [3.8, 4) is 5.75 Å². The molecule has 2 aromatic rings. The van der Waals surface area contributed by atoms with Gasteiger partial charge in [-0.15, -0.1) is 23.2 Å². The fraction of sp³-hybridized carbons (Fsp3) is 0.333. The minimum atomic E-state index is -4.93. The topological polar surface area (TPSA) is 9.23 Å². The van der Waals surface area contributed by atoms with Crippen molar-refractivity contribution in [3.05, 3.63) is 64.7 Å². The lowest BCUT2D eigenvalue weighted by molar-refractivity contribution is -0.143. The van der Waals surface area contributed by atoms with Crippen LogP contribution in [0.5, 0.6) is 5.75 Å². The third kappa shape index (κ3) is 3.85. The normalized spacial score (nSPS) is 21.8. The van der Waals surface area contributed by atoms with Crippen molar-refractivity contribution in [2.45, 2.75) is 28.5 Å². The molecule has 0 aliphatic heterocycles. The zero-order chi connectivity index (χ0) is 20.2. The molecule has 0 unspecified atom stereocenters. The maximum Gasteiger partial charge on any atom is 0.416 e. The Labute approximate surface area is 160 Å².